The van der Waals surface area contributed by atoms with Gasteiger partial charge in [0.1, 0.15) is 0 Å². The van der Waals surface area contributed by atoms with E-state index in [-0.39, 0.29) is 24.0 Å². The lowest BCUT2D eigenvalue weighted by atomic mass is 10.2. The van der Waals surface area contributed by atoms with E-state index in [2.05, 4.69) is 10.3 Å². The molecule has 2 aromatic carbocycles. The van der Waals surface area contributed by atoms with E-state index in [9.17, 15) is 0 Å². The largest absolute Gasteiger partial charge is 0.493 e. The number of guanidine groups is 1. The molecule has 0 radical (unpaired) electrons. The van der Waals surface area contributed by atoms with Crippen molar-refractivity contribution in [2.45, 2.75) is 13.2 Å². The van der Waals surface area contributed by atoms with Crippen molar-refractivity contribution >= 4 is 53.1 Å². The summed E-state index contributed by atoms with van der Waals surface area (Å²) in [6.45, 7) is 1.83. The third kappa shape index (κ3) is 7.90. The maximum Gasteiger partial charge on any atom is 0.188 e. The van der Waals surface area contributed by atoms with Gasteiger partial charge in [-0.25, -0.2) is 4.99 Å². The van der Waals surface area contributed by atoms with E-state index in [0.717, 1.165) is 11.1 Å². The van der Waals surface area contributed by atoms with E-state index in [4.69, 9.17) is 43.1 Å². The van der Waals surface area contributed by atoms with Crippen LogP contribution in [-0.4, -0.2) is 33.3 Å². The molecular weight excluding hydrogens is 516 g/mol. The van der Waals surface area contributed by atoms with E-state index >= 15 is 0 Å². The number of hydrogen-bond acceptors (Lipinski definition) is 4. The molecule has 0 saturated heterocycles. The Morgan fingerprint density at radius 3 is 2.50 bits per heavy atom. The van der Waals surface area contributed by atoms with Crippen LogP contribution in [0.4, 0.5) is 0 Å². The lowest BCUT2D eigenvalue weighted by Gasteiger charge is -2.10. The van der Waals surface area contributed by atoms with Gasteiger partial charge in [0.05, 0.1) is 34.0 Å². The van der Waals surface area contributed by atoms with E-state index < -0.39 is 0 Å². The molecular formula is C19H24Cl2IN3O3. The predicted molar refractivity (Wildman–Crippen MR) is 124 cm³/mol. The first-order valence-corrected chi connectivity index (χ1v) is 9.05. The predicted octanol–water partition coefficient (Wildman–Crippen LogP) is 4.25. The van der Waals surface area contributed by atoms with Crippen molar-refractivity contribution in [2.75, 3.05) is 27.4 Å². The molecule has 0 saturated carbocycles. The topological polar surface area (TPSA) is 78.1 Å². The first-order valence-electron chi connectivity index (χ1n) is 8.30. The van der Waals surface area contributed by atoms with Crippen molar-refractivity contribution in [1.29, 1.82) is 0 Å². The second-order valence-electron chi connectivity index (χ2n) is 5.61. The van der Waals surface area contributed by atoms with Crippen LogP contribution in [-0.2, 0) is 17.9 Å². The summed E-state index contributed by atoms with van der Waals surface area (Å²) < 4.78 is 16.1. The maximum absolute atomic E-state index is 6.10. The molecule has 0 aromatic heterocycles. The summed E-state index contributed by atoms with van der Waals surface area (Å²) in [4.78, 5) is 4.30. The number of nitrogens with two attached hydrogens (primary N) is 1. The highest BCUT2D eigenvalue weighted by atomic mass is 127. The average molecular weight is 540 g/mol. The van der Waals surface area contributed by atoms with Gasteiger partial charge in [-0.3, -0.25) is 0 Å². The Morgan fingerprint density at radius 1 is 1.07 bits per heavy atom. The molecule has 154 valence electrons. The number of nitrogens with one attached hydrogen (secondary N) is 1. The molecule has 0 spiro atoms. The monoisotopic (exact) mass is 539 g/mol. The number of halogens is 3. The molecule has 0 amide bonds. The lowest BCUT2D eigenvalue weighted by Crippen LogP contribution is -2.34. The highest BCUT2D eigenvalue weighted by Crippen LogP contribution is 2.27. The average Bonchev–Trinajstić information content (AvgIpc) is 2.67. The molecule has 3 N–H and O–H groups in total. The molecule has 9 heteroatoms. The van der Waals surface area contributed by atoms with Crippen LogP contribution in [0.2, 0.25) is 10.0 Å². The standard InChI is InChI=1S/C19H23Cl2N3O3.HI/c1-25-17-6-3-13(9-18(17)26-2)11-24-19(22)23-7-8-27-12-14-4-5-15(20)10-16(14)21;/h3-6,9-10H,7-8,11-12H2,1-2H3,(H3,22,23,24);1H. The van der Waals surface area contributed by atoms with Gasteiger partial charge >= 0.3 is 0 Å². The van der Waals surface area contributed by atoms with E-state index in [0.29, 0.717) is 53.8 Å². The fraction of sp³-hybridized carbons (Fsp3) is 0.316. The van der Waals surface area contributed by atoms with Gasteiger partial charge in [-0.2, -0.15) is 0 Å². The summed E-state index contributed by atoms with van der Waals surface area (Å²) in [6.07, 6.45) is 0. The Kier molecular flexibility index (Phi) is 11.4. The van der Waals surface area contributed by atoms with Gasteiger partial charge in [-0.15, -0.1) is 24.0 Å². The summed E-state index contributed by atoms with van der Waals surface area (Å²) in [7, 11) is 3.19. The molecule has 0 unspecified atom stereocenters. The first-order chi connectivity index (χ1) is 13.0. The Bertz CT molecular complexity index is 791. The third-order valence-electron chi connectivity index (χ3n) is 3.71. The smallest absolute Gasteiger partial charge is 0.188 e. The number of rotatable bonds is 9. The zero-order chi connectivity index (χ0) is 19.6. The molecule has 0 aliphatic carbocycles. The number of nitrogens with zero attached hydrogens (tertiary/aromatic N) is 1. The van der Waals surface area contributed by atoms with Crippen LogP contribution in [0.3, 0.4) is 0 Å². The molecule has 0 fully saturated rings. The quantitative estimate of drug-likeness (QED) is 0.215. The second-order valence-corrected chi connectivity index (χ2v) is 6.45. The van der Waals surface area contributed by atoms with Gasteiger partial charge in [0.15, 0.2) is 17.5 Å². The molecule has 28 heavy (non-hydrogen) atoms. The van der Waals surface area contributed by atoms with Gasteiger partial charge in [0.25, 0.3) is 0 Å². The van der Waals surface area contributed by atoms with Crippen molar-refractivity contribution in [3.8, 4) is 11.5 Å². The Morgan fingerprint density at radius 2 is 1.82 bits per heavy atom. The third-order valence-corrected chi connectivity index (χ3v) is 4.29. The highest BCUT2D eigenvalue weighted by molar-refractivity contribution is 14.0. The number of methoxy groups -OCH3 is 2. The summed E-state index contributed by atoms with van der Waals surface area (Å²) in [5.74, 6) is 1.68. The lowest BCUT2D eigenvalue weighted by molar-refractivity contribution is 0.125. The zero-order valence-electron chi connectivity index (χ0n) is 15.7. The molecule has 2 aromatic rings. The van der Waals surface area contributed by atoms with E-state index in [1.54, 1.807) is 26.4 Å². The first kappa shape index (κ1) is 24.6. The van der Waals surface area contributed by atoms with Crippen molar-refractivity contribution in [3.63, 3.8) is 0 Å². The number of ether oxygens (including phenoxy) is 3. The van der Waals surface area contributed by atoms with Crippen molar-refractivity contribution < 1.29 is 14.2 Å². The summed E-state index contributed by atoms with van der Waals surface area (Å²) >= 11 is 12.0. The molecule has 0 bridgehead atoms. The molecule has 0 atom stereocenters. The maximum atomic E-state index is 6.10. The van der Waals surface area contributed by atoms with Gasteiger partial charge in [0.2, 0.25) is 0 Å². The van der Waals surface area contributed by atoms with E-state index in [1.165, 1.54) is 0 Å². The van der Waals surface area contributed by atoms with Crippen molar-refractivity contribution in [2.24, 2.45) is 10.7 Å². The van der Waals surface area contributed by atoms with E-state index in [1.807, 2.05) is 24.3 Å². The highest BCUT2D eigenvalue weighted by Gasteiger charge is 2.04. The summed E-state index contributed by atoms with van der Waals surface area (Å²) in [5.41, 5.74) is 7.72. The SMILES string of the molecule is COc1ccc(CN=C(N)NCCOCc2ccc(Cl)cc2Cl)cc1OC.I. The Balaban J connectivity index is 0.00000392. The summed E-state index contributed by atoms with van der Waals surface area (Å²) in [5, 5.41) is 4.20. The number of aliphatic imine (C=N–C) groups is 1. The van der Waals surface area contributed by atoms with Crippen LogP contribution < -0.4 is 20.5 Å². The number of hydrogen-bond donors (Lipinski definition) is 2. The molecule has 6 nitrogen and oxygen atoms in total. The van der Waals surface area contributed by atoms with Crippen LogP contribution in [0.15, 0.2) is 41.4 Å². The zero-order valence-corrected chi connectivity index (χ0v) is 19.5. The molecule has 0 heterocycles. The minimum atomic E-state index is 0. The minimum absolute atomic E-state index is 0. The van der Waals surface area contributed by atoms with Crippen LogP contribution >= 0.6 is 47.2 Å². The van der Waals surface area contributed by atoms with Gasteiger partial charge in [0, 0.05) is 16.6 Å². The Labute approximate surface area is 192 Å². The fourth-order valence-electron chi connectivity index (χ4n) is 2.28. The minimum Gasteiger partial charge on any atom is -0.493 e. The van der Waals surface area contributed by atoms with Crippen molar-refractivity contribution in [3.05, 3.63) is 57.6 Å². The van der Waals surface area contributed by atoms with Crippen LogP contribution in [0, 0.1) is 0 Å². The Hall–Kier alpha value is -1.42. The summed E-state index contributed by atoms with van der Waals surface area (Å²) in [6, 6.07) is 10.9. The molecule has 0 aliphatic heterocycles. The second kappa shape index (κ2) is 12.9. The normalized spacial score (nSPS) is 10.9. The van der Waals surface area contributed by atoms with Crippen LogP contribution in [0.25, 0.3) is 0 Å². The van der Waals surface area contributed by atoms with Gasteiger partial charge in [-0.05, 0) is 35.4 Å². The van der Waals surface area contributed by atoms with Crippen LogP contribution in [0.5, 0.6) is 11.5 Å². The van der Waals surface area contributed by atoms with Gasteiger partial charge < -0.3 is 25.3 Å². The van der Waals surface area contributed by atoms with Crippen molar-refractivity contribution in [1.82, 2.24) is 5.32 Å². The molecule has 0 aliphatic rings. The van der Waals surface area contributed by atoms with Gasteiger partial charge in [-0.1, -0.05) is 35.3 Å². The molecule has 2 rings (SSSR count). The fourth-order valence-corrected chi connectivity index (χ4v) is 2.75. The number of benzene rings is 2. The van der Waals surface area contributed by atoms with Crippen LogP contribution in [0.1, 0.15) is 11.1 Å².